The number of rotatable bonds is 2. The van der Waals surface area contributed by atoms with Crippen LogP contribution in [0.15, 0.2) is 12.1 Å². The Balaban J connectivity index is 2.07. The number of fused-ring (bicyclic) bond motifs is 1. The Morgan fingerprint density at radius 3 is 2.59 bits per heavy atom. The van der Waals surface area contributed by atoms with E-state index < -0.39 is 5.79 Å². The lowest BCUT2D eigenvalue weighted by atomic mass is 10.2. The molecule has 1 fully saturated rings. The molecule has 4 heteroatoms. The average molecular weight is 234 g/mol. The molecule has 2 aliphatic rings. The number of hydrogen-bond donors (Lipinski definition) is 0. The van der Waals surface area contributed by atoms with Crippen LogP contribution in [0.4, 0.5) is 0 Å². The Hall–Kier alpha value is -1.71. The summed E-state index contributed by atoms with van der Waals surface area (Å²) in [4.78, 5) is 11.0. The van der Waals surface area contributed by atoms with Crippen molar-refractivity contribution in [2.24, 2.45) is 0 Å². The standard InChI is InChI=1S/C13H14O4/c1-15-10-5-4-9(8-14)11-12(10)17-13(16-11)6-2-3-7-13/h4-5,8H,2-3,6-7H2,1H3. The van der Waals surface area contributed by atoms with Gasteiger partial charge in [0, 0.05) is 12.8 Å². The first kappa shape index (κ1) is 10.4. The molecule has 90 valence electrons. The molecule has 0 aromatic heterocycles. The van der Waals surface area contributed by atoms with Gasteiger partial charge in [-0.1, -0.05) is 0 Å². The summed E-state index contributed by atoms with van der Waals surface area (Å²) in [6, 6.07) is 3.43. The van der Waals surface area contributed by atoms with Crippen molar-refractivity contribution in [2.75, 3.05) is 7.11 Å². The number of carbonyl (C=O) groups excluding carboxylic acids is 1. The van der Waals surface area contributed by atoms with Crippen LogP contribution in [-0.2, 0) is 0 Å². The smallest absolute Gasteiger partial charge is 0.251 e. The first-order chi connectivity index (χ1) is 8.28. The predicted molar refractivity (Wildman–Crippen MR) is 60.8 cm³/mol. The summed E-state index contributed by atoms with van der Waals surface area (Å²) in [6.07, 6.45) is 4.70. The summed E-state index contributed by atoms with van der Waals surface area (Å²) in [5.41, 5.74) is 0.518. The van der Waals surface area contributed by atoms with Crippen LogP contribution >= 0.6 is 0 Å². The van der Waals surface area contributed by atoms with Gasteiger partial charge < -0.3 is 14.2 Å². The molecule has 0 amide bonds. The van der Waals surface area contributed by atoms with Crippen LogP contribution in [0.5, 0.6) is 17.2 Å². The van der Waals surface area contributed by atoms with Crippen molar-refractivity contribution in [2.45, 2.75) is 31.5 Å². The fraction of sp³-hybridized carbons (Fsp3) is 0.462. The van der Waals surface area contributed by atoms with E-state index in [-0.39, 0.29) is 0 Å². The third-order valence-corrected chi connectivity index (χ3v) is 3.39. The molecule has 0 N–H and O–H groups in total. The number of carbonyl (C=O) groups is 1. The normalized spacial score (nSPS) is 19.6. The summed E-state index contributed by atoms with van der Waals surface area (Å²) in [5.74, 6) is 1.16. The molecule has 17 heavy (non-hydrogen) atoms. The minimum Gasteiger partial charge on any atom is -0.493 e. The Labute approximate surface area is 99.5 Å². The fourth-order valence-electron chi connectivity index (χ4n) is 2.53. The van der Waals surface area contributed by atoms with Crippen LogP contribution in [0.2, 0.25) is 0 Å². The van der Waals surface area contributed by atoms with Gasteiger partial charge in [-0.05, 0) is 25.0 Å². The molecule has 0 unspecified atom stereocenters. The van der Waals surface area contributed by atoms with Crippen LogP contribution in [0.1, 0.15) is 36.0 Å². The van der Waals surface area contributed by atoms with Crippen molar-refractivity contribution in [1.29, 1.82) is 0 Å². The molecule has 0 atom stereocenters. The van der Waals surface area contributed by atoms with Crippen LogP contribution in [0, 0.1) is 0 Å². The summed E-state index contributed by atoms with van der Waals surface area (Å²) >= 11 is 0. The number of methoxy groups -OCH3 is 1. The molecule has 1 spiro atoms. The van der Waals surface area contributed by atoms with Crippen molar-refractivity contribution in [3.8, 4) is 17.2 Å². The topological polar surface area (TPSA) is 44.8 Å². The molecule has 1 saturated carbocycles. The van der Waals surface area contributed by atoms with E-state index in [9.17, 15) is 4.79 Å². The monoisotopic (exact) mass is 234 g/mol. The van der Waals surface area contributed by atoms with Gasteiger partial charge in [0.2, 0.25) is 5.75 Å². The van der Waals surface area contributed by atoms with Crippen molar-refractivity contribution in [3.63, 3.8) is 0 Å². The molecule has 0 radical (unpaired) electrons. The summed E-state index contributed by atoms with van der Waals surface area (Å²) in [7, 11) is 1.58. The van der Waals surface area contributed by atoms with Crippen molar-refractivity contribution in [1.82, 2.24) is 0 Å². The predicted octanol–water partition coefficient (Wildman–Crippen LogP) is 2.55. The third kappa shape index (κ3) is 1.47. The molecule has 1 heterocycles. The summed E-state index contributed by atoms with van der Waals surface area (Å²) < 4.78 is 17.0. The Kier molecular flexibility index (Phi) is 2.24. The van der Waals surface area contributed by atoms with Crippen molar-refractivity contribution in [3.05, 3.63) is 17.7 Å². The minimum atomic E-state index is -0.561. The zero-order valence-electron chi connectivity index (χ0n) is 9.69. The van der Waals surface area contributed by atoms with Gasteiger partial charge in [-0.25, -0.2) is 0 Å². The van der Waals surface area contributed by atoms with Crippen LogP contribution < -0.4 is 14.2 Å². The van der Waals surface area contributed by atoms with Gasteiger partial charge in [-0.3, -0.25) is 4.79 Å². The summed E-state index contributed by atoms with van der Waals surface area (Å²) in [6.45, 7) is 0. The van der Waals surface area contributed by atoms with E-state index in [0.717, 1.165) is 32.0 Å². The molecule has 3 rings (SSSR count). The SMILES string of the molecule is COc1ccc(C=O)c2c1OC1(CCCC1)O2. The van der Waals surface area contributed by atoms with E-state index >= 15 is 0 Å². The summed E-state index contributed by atoms with van der Waals surface area (Å²) in [5, 5.41) is 0. The lowest BCUT2D eigenvalue weighted by Crippen LogP contribution is -2.34. The van der Waals surface area contributed by atoms with Gasteiger partial charge in [0.15, 0.2) is 17.8 Å². The van der Waals surface area contributed by atoms with Gasteiger partial charge >= 0.3 is 0 Å². The Morgan fingerprint density at radius 1 is 1.24 bits per heavy atom. The third-order valence-electron chi connectivity index (χ3n) is 3.39. The van der Waals surface area contributed by atoms with E-state index in [1.165, 1.54) is 0 Å². The largest absolute Gasteiger partial charge is 0.493 e. The lowest BCUT2D eigenvalue weighted by Gasteiger charge is -2.21. The highest BCUT2D eigenvalue weighted by atomic mass is 16.7. The zero-order chi connectivity index (χ0) is 11.9. The first-order valence-corrected chi connectivity index (χ1v) is 5.82. The highest BCUT2D eigenvalue weighted by Gasteiger charge is 2.46. The van der Waals surface area contributed by atoms with E-state index in [1.807, 2.05) is 0 Å². The fourth-order valence-corrected chi connectivity index (χ4v) is 2.53. The number of benzene rings is 1. The molecule has 1 aromatic carbocycles. The molecule has 4 nitrogen and oxygen atoms in total. The van der Waals surface area contributed by atoms with Gasteiger partial charge in [0.1, 0.15) is 0 Å². The van der Waals surface area contributed by atoms with Crippen molar-refractivity contribution < 1.29 is 19.0 Å². The maximum atomic E-state index is 11.0. The first-order valence-electron chi connectivity index (χ1n) is 5.82. The number of aldehydes is 1. The Bertz CT molecular complexity index is 461. The second-order valence-corrected chi connectivity index (χ2v) is 4.46. The highest BCUT2D eigenvalue weighted by molar-refractivity contribution is 5.83. The highest BCUT2D eigenvalue weighted by Crippen LogP contribution is 2.51. The van der Waals surface area contributed by atoms with Crippen LogP contribution in [0.3, 0.4) is 0 Å². The zero-order valence-corrected chi connectivity index (χ0v) is 9.69. The molecular formula is C13H14O4. The van der Waals surface area contributed by atoms with E-state index in [0.29, 0.717) is 22.8 Å². The minimum absolute atomic E-state index is 0.518. The molecular weight excluding hydrogens is 220 g/mol. The Morgan fingerprint density at radius 2 is 1.94 bits per heavy atom. The second-order valence-electron chi connectivity index (χ2n) is 4.46. The van der Waals surface area contributed by atoms with E-state index in [4.69, 9.17) is 14.2 Å². The van der Waals surface area contributed by atoms with Gasteiger partial charge in [-0.2, -0.15) is 0 Å². The second kappa shape index (κ2) is 3.65. The number of hydrogen-bond acceptors (Lipinski definition) is 4. The molecule has 0 saturated heterocycles. The molecule has 1 aliphatic heterocycles. The lowest BCUT2D eigenvalue weighted by molar-refractivity contribution is -0.0724. The van der Waals surface area contributed by atoms with Crippen LogP contribution in [-0.4, -0.2) is 19.2 Å². The van der Waals surface area contributed by atoms with Gasteiger partial charge in [0.25, 0.3) is 5.79 Å². The molecule has 1 aromatic rings. The van der Waals surface area contributed by atoms with Crippen molar-refractivity contribution >= 4 is 6.29 Å². The van der Waals surface area contributed by atoms with Gasteiger partial charge in [-0.15, -0.1) is 0 Å². The average Bonchev–Trinajstić information content (AvgIpc) is 2.95. The van der Waals surface area contributed by atoms with E-state index in [2.05, 4.69) is 0 Å². The molecule has 0 bridgehead atoms. The van der Waals surface area contributed by atoms with Crippen LogP contribution in [0.25, 0.3) is 0 Å². The number of ether oxygens (including phenoxy) is 3. The maximum absolute atomic E-state index is 11.0. The quantitative estimate of drug-likeness (QED) is 0.738. The van der Waals surface area contributed by atoms with E-state index in [1.54, 1.807) is 19.2 Å². The maximum Gasteiger partial charge on any atom is 0.251 e. The van der Waals surface area contributed by atoms with Gasteiger partial charge in [0.05, 0.1) is 12.7 Å². The molecule has 1 aliphatic carbocycles.